The largest absolute Gasteiger partial charge is 0.440 e. The summed E-state index contributed by atoms with van der Waals surface area (Å²) in [6.07, 6.45) is 4.92. The Labute approximate surface area is 190 Å². The van der Waals surface area contributed by atoms with Gasteiger partial charge in [-0.3, -0.25) is 4.72 Å². The second-order valence-electron chi connectivity index (χ2n) is 8.05. The number of benzene rings is 3. The normalized spacial score (nSPS) is 14.3. The summed E-state index contributed by atoms with van der Waals surface area (Å²) in [5, 5.41) is 0. The van der Waals surface area contributed by atoms with Gasteiger partial charge in [0, 0.05) is 17.2 Å². The quantitative estimate of drug-likeness (QED) is 0.380. The molecule has 168 valence electrons. The summed E-state index contributed by atoms with van der Waals surface area (Å²) in [5.41, 5.74) is 2.19. The number of nitrogens with one attached hydrogen (secondary N) is 1. The number of unbranched alkanes of at least 4 members (excludes halogenated alkanes) is 4. The molecule has 3 aromatic carbocycles. The van der Waals surface area contributed by atoms with Gasteiger partial charge in [0.2, 0.25) is 10.0 Å². The number of hydrogen-bond donors (Lipinski definition) is 1. The molecule has 0 bridgehead atoms. The van der Waals surface area contributed by atoms with Gasteiger partial charge in [-0.25, -0.2) is 8.42 Å². The predicted molar refractivity (Wildman–Crippen MR) is 128 cm³/mol. The molecule has 1 N–H and O–H groups in total. The molecule has 4 rings (SSSR count). The Hall–Kier alpha value is -2.99. The highest BCUT2D eigenvalue weighted by atomic mass is 32.2. The Morgan fingerprint density at radius 2 is 1.34 bits per heavy atom. The molecule has 0 aliphatic carbocycles. The summed E-state index contributed by atoms with van der Waals surface area (Å²) in [6.45, 7) is 2.14. The van der Waals surface area contributed by atoms with Gasteiger partial charge in [-0.05, 0) is 18.6 Å². The fourth-order valence-corrected chi connectivity index (χ4v) is 5.08. The van der Waals surface area contributed by atoms with Crippen molar-refractivity contribution in [1.82, 2.24) is 0 Å². The summed E-state index contributed by atoms with van der Waals surface area (Å²) in [5.74, 6) is 0.0613. The van der Waals surface area contributed by atoms with Crippen LogP contribution in [-0.4, -0.2) is 14.2 Å². The van der Waals surface area contributed by atoms with E-state index in [0.717, 1.165) is 36.8 Å². The molecule has 0 amide bonds. The minimum atomic E-state index is -3.42. The van der Waals surface area contributed by atoms with E-state index in [1.54, 1.807) is 18.2 Å². The summed E-state index contributed by atoms with van der Waals surface area (Å²) in [7, 11) is -3.42. The van der Waals surface area contributed by atoms with E-state index in [1.165, 1.54) is 0 Å². The number of hydrogen-bond acceptors (Lipinski definition) is 4. The van der Waals surface area contributed by atoms with E-state index in [2.05, 4.69) is 11.6 Å². The van der Waals surface area contributed by atoms with Crippen molar-refractivity contribution in [3.05, 3.63) is 90.0 Å². The lowest BCUT2D eigenvalue weighted by Gasteiger charge is -2.28. The standard InChI is InChI=1S/C26H29NO4S/c1-2-3-4-5-12-19-32(28,29)27-23-17-18-24-25(20-23)31-26(30-24,21-13-8-6-9-14-21)22-15-10-7-11-16-22/h6-11,13-18,20,27H,2-5,12,19H2,1H3. The van der Waals surface area contributed by atoms with Crippen LogP contribution in [-0.2, 0) is 15.8 Å². The van der Waals surface area contributed by atoms with Crippen LogP contribution in [0.5, 0.6) is 11.5 Å². The van der Waals surface area contributed by atoms with E-state index >= 15 is 0 Å². The minimum absolute atomic E-state index is 0.114. The predicted octanol–water partition coefficient (Wildman–Crippen LogP) is 6.07. The maximum absolute atomic E-state index is 12.5. The Bertz CT molecular complexity index is 1090. The minimum Gasteiger partial charge on any atom is -0.440 e. The first kappa shape index (κ1) is 22.2. The molecule has 32 heavy (non-hydrogen) atoms. The molecule has 1 heterocycles. The molecule has 3 aromatic rings. The SMILES string of the molecule is CCCCCCCS(=O)(=O)Nc1ccc2c(c1)OC(c1ccccc1)(c1ccccc1)O2. The van der Waals surface area contributed by atoms with Crippen LogP contribution in [0.25, 0.3) is 0 Å². The highest BCUT2D eigenvalue weighted by molar-refractivity contribution is 7.92. The van der Waals surface area contributed by atoms with Gasteiger partial charge in [0.05, 0.1) is 11.4 Å². The van der Waals surface area contributed by atoms with Crippen LogP contribution < -0.4 is 14.2 Å². The van der Waals surface area contributed by atoms with Crippen molar-refractivity contribution in [3.8, 4) is 11.5 Å². The molecule has 1 aliphatic heterocycles. The van der Waals surface area contributed by atoms with Gasteiger partial charge < -0.3 is 9.47 Å². The Morgan fingerprint density at radius 1 is 0.750 bits per heavy atom. The molecule has 0 saturated carbocycles. The van der Waals surface area contributed by atoms with E-state index in [0.29, 0.717) is 23.6 Å². The van der Waals surface area contributed by atoms with E-state index in [9.17, 15) is 8.42 Å². The first-order valence-electron chi connectivity index (χ1n) is 11.2. The zero-order chi connectivity index (χ0) is 22.4. The molecule has 0 unspecified atom stereocenters. The lowest BCUT2D eigenvalue weighted by atomic mass is 9.97. The molecule has 1 aliphatic rings. The number of anilines is 1. The van der Waals surface area contributed by atoms with Crippen LogP contribution in [0.15, 0.2) is 78.9 Å². The first-order valence-corrected chi connectivity index (χ1v) is 12.8. The summed E-state index contributed by atoms with van der Waals surface area (Å²) in [4.78, 5) is 0. The lowest BCUT2D eigenvalue weighted by molar-refractivity contribution is -0.0458. The van der Waals surface area contributed by atoms with Gasteiger partial charge in [-0.2, -0.15) is 0 Å². The third-order valence-electron chi connectivity index (χ3n) is 5.55. The molecule has 0 radical (unpaired) electrons. The van der Waals surface area contributed by atoms with Gasteiger partial charge in [-0.15, -0.1) is 0 Å². The lowest BCUT2D eigenvalue weighted by Crippen LogP contribution is -2.36. The summed E-state index contributed by atoms with van der Waals surface area (Å²) < 4.78 is 40.5. The van der Waals surface area contributed by atoms with E-state index < -0.39 is 15.8 Å². The van der Waals surface area contributed by atoms with E-state index in [4.69, 9.17) is 9.47 Å². The summed E-state index contributed by atoms with van der Waals surface area (Å²) >= 11 is 0. The average molecular weight is 452 g/mol. The molecule has 0 atom stereocenters. The van der Waals surface area contributed by atoms with Gasteiger partial charge in [-0.1, -0.05) is 93.3 Å². The third-order valence-corrected chi connectivity index (χ3v) is 6.92. The van der Waals surface area contributed by atoms with Crippen molar-refractivity contribution in [3.63, 3.8) is 0 Å². The topological polar surface area (TPSA) is 64.6 Å². The molecule has 5 nitrogen and oxygen atoms in total. The third kappa shape index (κ3) is 4.91. The van der Waals surface area contributed by atoms with Gasteiger partial charge >= 0.3 is 5.79 Å². The smallest absolute Gasteiger partial charge is 0.305 e. The van der Waals surface area contributed by atoms with Crippen LogP contribution >= 0.6 is 0 Å². The molecule has 0 aromatic heterocycles. The number of fused-ring (bicyclic) bond motifs is 1. The second-order valence-corrected chi connectivity index (χ2v) is 9.89. The molecular weight excluding hydrogens is 422 g/mol. The van der Waals surface area contributed by atoms with Gasteiger partial charge in [0.25, 0.3) is 0 Å². The first-order chi connectivity index (χ1) is 15.5. The highest BCUT2D eigenvalue weighted by Crippen LogP contribution is 2.48. The van der Waals surface area contributed by atoms with Gasteiger partial charge in [0.1, 0.15) is 0 Å². The van der Waals surface area contributed by atoms with Crippen LogP contribution in [0.1, 0.15) is 50.2 Å². The van der Waals surface area contributed by atoms with Crippen LogP contribution in [0.2, 0.25) is 0 Å². The van der Waals surface area contributed by atoms with Crippen molar-refractivity contribution < 1.29 is 17.9 Å². The molecule has 0 spiro atoms. The number of rotatable bonds is 10. The monoisotopic (exact) mass is 451 g/mol. The van der Waals surface area contributed by atoms with Crippen molar-refractivity contribution in [2.75, 3.05) is 10.5 Å². The average Bonchev–Trinajstić information content (AvgIpc) is 3.20. The fourth-order valence-electron chi connectivity index (χ4n) is 3.91. The van der Waals surface area contributed by atoms with Crippen LogP contribution in [0, 0.1) is 0 Å². The maximum atomic E-state index is 12.5. The molecular formula is C26H29NO4S. The van der Waals surface area contributed by atoms with Crippen molar-refractivity contribution in [1.29, 1.82) is 0 Å². The fraction of sp³-hybridized carbons (Fsp3) is 0.308. The van der Waals surface area contributed by atoms with Crippen LogP contribution in [0.3, 0.4) is 0 Å². The van der Waals surface area contributed by atoms with Crippen molar-refractivity contribution in [2.24, 2.45) is 0 Å². The molecule has 0 fully saturated rings. The Morgan fingerprint density at radius 3 is 1.97 bits per heavy atom. The zero-order valence-corrected chi connectivity index (χ0v) is 19.1. The van der Waals surface area contributed by atoms with E-state index in [-0.39, 0.29) is 5.75 Å². The Kier molecular flexibility index (Phi) is 6.70. The molecule has 0 saturated heterocycles. The van der Waals surface area contributed by atoms with Crippen molar-refractivity contribution in [2.45, 2.75) is 44.8 Å². The summed E-state index contributed by atoms with van der Waals surface area (Å²) in [6, 6.07) is 24.6. The maximum Gasteiger partial charge on any atom is 0.305 e. The molecule has 6 heteroatoms. The van der Waals surface area contributed by atoms with Gasteiger partial charge in [0.15, 0.2) is 11.5 Å². The van der Waals surface area contributed by atoms with E-state index in [1.807, 2.05) is 60.7 Å². The highest BCUT2D eigenvalue weighted by Gasteiger charge is 2.45. The zero-order valence-electron chi connectivity index (χ0n) is 18.3. The number of sulfonamides is 1. The second kappa shape index (κ2) is 9.65. The van der Waals surface area contributed by atoms with Crippen LogP contribution in [0.4, 0.5) is 5.69 Å². The Balaban J connectivity index is 1.54. The number of ether oxygens (including phenoxy) is 2. The van der Waals surface area contributed by atoms with Crippen molar-refractivity contribution >= 4 is 15.7 Å².